The summed E-state index contributed by atoms with van der Waals surface area (Å²) >= 11 is 0. The van der Waals surface area contributed by atoms with Crippen LogP contribution in [-0.4, -0.2) is 22.9 Å². The van der Waals surface area contributed by atoms with Gasteiger partial charge in [0.1, 0.15) is 0 Å². The first-order valence-corrected chi connectivity index (χ1v) is 5.99. The van der Waals surface area contributed by atoms with E-state index in [1.54, 1.807) is 12.1 Å². The summed E-state index contributed by atoms with van der Waals surface area (Å²) in [6, 6.07) is 10.2. The normalized spacial score (nSPS) is 12.3. The Labute approximate surface area is 110 Å². The van der Waals surface area contributed by atoms with Crippen molar-refractivity contribution >= 4 is 22.5 Å². The van der Waals surface area contributed by atoms with Crippen LogP contribution in [0.5, 0.6) is 0 Å². The van der Waals surface area contributed by atoms with Crippen molar-refractivity contribution in [2.75, 3.05) is 0 Å². The van der Waals surface area contributed by atoms with E-state index in [9.17, 15) is 9.59 Å². The van der Waals surface area contributed by atoms with Crippen LogP contribution >= 0.6 is 0 Å². The zero-order chi connectivity index (χ0) is 14.0. The predicted octanol–water partition coefficient (Wildman–Crippen LogP) is 2.13. The van der Waals surface area contributed by atoms with E-state index in [-0.39, 0.29) is 12.2 Å². The molecule has 4 nitrogen and oxygen atoms in total. The Morgan fingerprint density at radius 3 is 2.47 bits per heavy atom. The molecule has 0 bridgehead atoms. The number of hydrogen-bond acceptors (Lipinski definition) is 3. The van der Waals surface area contributed by atoms with E-state index in [2.05, 4.69) is 0 Å². The van der Waals surface area contributed by atoms with E-state index in [0.717, 1.165) is 16.3 Å². The third-order valence-corrected chi connectivity index (χ3v) is 3.01. The number of Topliss-reactive ketones (excluding diaryl/α,β-unsaturated/α-hetero) is 1. The van der Waals surface area contributed by atoms with Gasteiger partial charge in [0.2, 0.25) is 0 Å². The Hall–Kier alpha value is -2.20. The number of carbonyl (C=O) groups excluding carboxylic acids is 1. The molecule has 4 heteroatoms. The van der Waals surface area contributed by atoms with Crippen LogP contribution in [0.2, 0.25) is 0 Å². The molecule has 2 aromatic carbocycles. The minimum atomic E-state index is -1.07. The maximum Gasteiger partial charge on any atom is 0.305 e. The number of nitrogens with two attached hydrogens (primary N) is 1. The third-order valence-electron chi connectivity index (χ3n) is 3.01. The minimum Gasteiger partial charge on any atom is -0.481 e. The summed E-state index contributed by atoms with van der Waals surface area (Å²) in [5.41, 5.74) is 7.18. The maximum absolute atomic E-state index is 12.0. The van der Waals surface area contributed by atoms with Gasteiger partial charge >= 0.3 is 5.97 Å². The van der Waals surface area contributed by atoms with Crippen molar-refractivity contribution in [1.29, 1.82) is 0 Å². The number of aliphatic carboxylic acids is 1. The molecule has 0 amide bonds. The number of carbonyl (C=O) groups is 2. The van der Waals surface area contributed by atoms with E-state index >= 15 is 0 Å². The Morgan fingerprint density at radius 1 is 1.16 bits per heavy atom. The van der Waals surface area contributed by atoms with Crippen LogP contribution in [0.4, 0.5) is 0 Å². The number of benzene rings is 2. The maximum atomic E-state index is 12.0. The fourth-order valence-corrected chi connectivity index (χ4v) is 2.01. The quantitative estimate of drug-likeness (QED) is 0.822. The molecule has 2 aromatic rings. The van der Waals surface area contributed by atoms with Crippen molar-refractivity contribution in [3.8, 4) is 0 Å². The number of carboxylic acids is 1. The summed E-state index contributed by atoms with van der Waals surface area (Å²) in [6.45, 7) is 2.00. The van der Waals surface area contributed by atoms with Gasteiger partial charge in [-0.25, -0.2) is 0 Å². The lowest BCUT2D eigenvalue weighted by Gasteiger charge is -2.09. The highest BCUT2D eigenvalue weighted by atomic mass is 16.4. The number of aryl methyl sites for hydroxylation is 1. The largest absolute Gasteiger partial charge is 0.481 e. The van der Waals surface area contributed by atoms with Crippen LogP contribution in [0.3, 0.4) is 0 Å². The van der Waals surface area contributed by atoms with Crippen molar-refractivity contribution in [3.63, 3.8) is 0 Å². The Bertz CT molecular complexity index is 649. The molecule has 0 fully saturated rings. The lowest BCUT2D eigenvalue weighted by atomic mass is 9.98. The van der Waals surface area contributed by atoms with E-state index < -0.39 is 12.0 Å². The third kappa shape index (κ3) is 2.98. The van der Waals surface area contributed by atoms with Gasteiger partial charge < -0.3 is 10.8 Å². The van der Waals surface area contributed by atoms with Gasteiger partial charge in [-0.2, -0.15) is 0 Å². The van der Waals surface area contributed by atoms with Gasteiger partial charge in [0, 0.05) is 5.56 Å². The van der Waals surface area contributed by atoms with Gasteiger partial charge in [-0.05, 0) is 23.8 Å². The highest BCUT2D eigenvalue weighted by Gasteiger charge is 2.18. The van der Waals surface area contributed by atoms with Crippen LogP contribution in [-0.2, 0) is 4.79 Å². The number of carboxylic acid groups (broad SMARTS) is 1. The second kappa shape index (κ2) is 5.20. The van der Waals surface area contributed by atoms with E-state index in [4.69, 9.17) is 10.8 Å². The topological polar surface area (TPSA) is 80.4 Å². The van der Waals surface area contributed by atoms with Crippen LogP contribution in [0, 0.1) is 6.92 Å². The minimum absolute atomic E-state index is 0.343. The van der Waals surface area contributed by atoms with Crippen LogP contribution in [0.1, 0.15) is 22.3 Å². The fourth-order valence-electron chi connectivity index (χ4n) is 2.01. The number of hydrogen-bond donors (Lipinski definition) is 2. The molecule has 1 atom stereocenters. The van der Waals surface area contributed by atoms with Crippen molar-refractivity contribution in [3.05, 3.63) is 47.5 Å². The average Bonchev–Trinajstić information content (AvgIpc) is 2.36. The summed E-state index contributed by atoms with van der Waals surface area (Å²) in [6.07, 6.45) is -0.356. The zero-order valence-corrected chi connectivity index (χ0v) is 10.6. The van der Waals surface area contributed by atoms with Crippen molar-refractivity contribution < 1.29 is 14.7 Å². The molecule has 19 heavy (non-hydrogen) atoms. The second-order valence-electron chi connectivity index (χ2n) is 4.63. The Kier molecular flexibility index (Phi) is 3.62. The van der Waals surface area contributed by atoms with Gasteiger partial charge in [0.05, 0.1) is 12.5 Å². The number of rotatable bonds is 4. The molecule has 1 unspecified atom stereocenters. The highest BCUT2D eigenvalue weighted by molar-refractivity contribution is 6.04. The van der Waals surface area contributed by atoms with Gasteiger partial charge in [-0.3, -0.25) is 9.59 Å². The molecule has 0 saturated carbocycles. The van der Waals surface area contributed by atoms with Gasteiger partial charge in [0.15, 0.2) is 5.78 Å². The monoisotopic (exact) mass is 257 g/mol. The van der Waals surface area contributed by atoms with Gasteiger partial charge in [-0.15, -0.1) is 0 Å². The van der Waals surface area contributed by atoms with Gasteiger partial charge in [-0.1, -0.05) is 35.9 Å². The lowest BCUT2D eigenvalue weighted by molar-refractivity contribution is -0.137. The summed E-state index contributed by atoms with van der Waals surface area (Å²) < 4.78 is 0. The molecule has 0 radical (unpaired) electrons. The SMILES string of the molecule is Cc1ccc2cc(C(=O)C(N)CC(=O)O)ccc2c1. The molecule has 2 rings (SSSR count). The molecule has 0 aromatic heterocycles. The molecular weight excluding hydrogens is 242 g/mol. The van der Waals surface area contributed by atoms with Crippen LogP contribution in [0.25, 0.3) is 10.8 Å². The summed E-state index contributed by atoms with van der Waals surface area (Å²) in [4.78, 5) is 22.6. The van der Waals surface area contributed by atoms with Crippen molar-refractivity contribution in [2.24, 2.45) is 5.73 Å². The summed E-state index contributed by atoms with van der Waals surface area (Å²) in [5.74, 6) is -1.41. The van der Waals surface area contributed by atoms with Gasteiger partial charge in [0.25, 0.3) is 0 Å². The first-order chi connectivity index (χ1) is 8.97. The molecule has 0 aliphatic heterocycles. The number of fused-ring (bicyclic) bond motifs is 1. The van der Waals surface area contributed by atoms with Crippen molar-refractivity contribution in [1.82, 2.24) is 0 Å². The average molecular weight is 257 g/mol. The Balaban J connectivity index is 2.33. The highest BCUT2D eigenvalue weighted by Crippen LogP contribution is 2.18. The summed E-state index contributed by atoms with van der Waals surface area (Å²) in [7, 11) is 0. The standard InChI is InChI=1S/C15H15NO3/c1-9-2-3-11-7-12(5-4-10(11)6-9)15(19)13(16)8-14(17)18/h2-7,13H,8,16H2,1H3,(H,17,18). The smallest absolute Gasteiger partial charge is 0.305 e. The molecule has 0 aliphatic rings. The van der Waals surface area contributed by atoms with Crippen molar-refractivity contribution in [2.45, 2.75) is 19.4 Å². The molecule has 98 valence electrons. The molecule has 0 spiro atoms. The predicted molar refractivity (Wildman–Crippen MR) is 73.2 cm³/mol. The zero-order valence-electron chi connectivity index (χ0n) is 10.6. The fraction of sp³-hybridized carbons (Fsp3) is 0.200. The van der Waals surface area contributed by atoms with Crippen LogP contribution < -0.4 is 5.73 Å². The van der Waals surface area contributed by atoms with E-state index in [1.165, 1.54) is 0 Å². The molecule has 0 saturated heterocycles. The van der Waals surface area contributed by atoms with Crippen LogP contribution in [0.15, 0.2) is 36.4 Å². The summed E-state index contributed by atoms with van der Waals surface area (Å²) in [5, 5.41) is 10.6. The molecule has 0 aliphatic carbocycles. The Morgan fingerprint density at radius 2 is 1.79 bits per heavy atom. The molecule has 0 heterocycles. The first kappa shape index (κ1) is 13.2. The second-order valence-corrected chi connectivity index (χ2v) is 4.63. The first-order valence-electron chi connectivity index (χ1n) is 5.99. The number of ketones is 1. The molecule has 3 N–H and O–H groups in total. The van der Waals surface area contributed by atoms with E-state index in [1.807, 2.05) is 31.2 Å². The lowest BCUT2D eigenvalue weighted by Crippen LogP contribution is -2.32. The molecular formula is C15H15NO3. The van der Waals surface area contributed by atoms with E-state index in [0.29, 0.717) is 5.56 Å².